The summed E-state index contributed by atoms with van der Waals surface area (Å²) in [4.78, 5) is 51.2. The summed E-state index contributed by atoms with van der Waals surface area (Å²) in [6.45, 7) is 8.79. The van der Waals surface area contributed by atoms with Gasteiger partial charge in [-0.05, 0) is 81.1 Å². The molecular formula is C35H49ClN8O3. The summed E-state index contributed by atoms with van der Waals surface area (Å²) in [5.74, 6) is -0.0640. The molecule has 6 rings (SSSR count). The van der Waals surface area contributed by atoms with Crippen molar-refractivity contribution in [1.82, 2.24) is 29.8 Å². The largest absolute Gasteiger partial charge is 0.397 e. The second-order valence-corrected chi connectivity index (χ2v) is 13.9. The number of urea groups is 2. The number of anilines is 2. The number of nitrogens with one attached hydrogen (secondary N) is 2. The Labute approximate surface area is 283 Å². The van der Waals surface area contributed by atoms with E-state index in [4.69, 9.17) is 17.3 Å². The summed E-state index contributed by atoms with van der Waals surface area (Å²) in [5.41, 5.74) is 10.5. The van der Waals surface area contributed by atoms with Crippen LogP contribution in [0.4, 0.5) is 21.0 Å². The first-order valence-corrected chi connectivity index (χ1v) is 17.6. The Morgan fingerprint density at radius 3 is 2.34 bits per heavy atom. The number of nitrogens with two attached hydrogens (primary N) is 1. The normalized spacial score (nSPS) is 20.9. The van der Waals surface area contributed by atoms with E-state index >= 15 is 0 Å². The Bertz CT molecular complexity index is 1450. The molecule has 5 amide bonds. The van der Waals surface area contributed by atoms with E-state index in [1.165, 1.54) is 0 Å². The Kier molecular flexibility index (Phi) is 10.4. The summed E-state index contributed by atoms with van der Waals surface area (Å²) in [6, 6.07) is 11.2. The second-order valence-electron chi connectivity index (χ2n) is 13.5. The number of nitrogens with zero attached hydrogens (tertiary/aromatic N) is 5. The van der Waals surface area contributed by atoms with Gasteiger partial charge in [-0.3, -0.25) is 9.69 Å². The first-order valence-electron chi connectivity index (χ1n) is 17.2. The summed E-state index contributed by atoms with van der Waals surface area (Å²) < 4.78 is 0. The molecule has 11 nitrogen and oxygen atoms in total. The summed E-state index contributed by atoms with van der Waals surface area (Å²) in [5, 5.41) is 6.58. The van der Waals surface area contributed by atoms with Gasteiger partial charge in [-0.25, -0.2) is 9.59 Å². The van der Waals surface area contributed by atoms with E-state index in [1.54, 1.807) is 4.90 Å². The van der Waals surface area contributed by atoms with Gasteiger partial charge in [-0.2, -0.15) is 0 Å². The molecule has 0 spiro atoms. The number of piperazine rings is 1. The number of carbonyl (C=O) groups excluding carboxylic acids is 3. The van der Waals surface area contributed by atoms with Crippen LogP contribution in [0.25, 0.3) is 0 Å². The molecule has 2 aromatic carbocycles. The van der Waals surface area contributed by atoms with Gasteiger partial charge in [0.15, 0.2) is 0 Å². The van der Waals surface area contributed by atoms with E-state index in [2.05, 4.69) is 27.5 Å². The number of piperidine rings is 2. The zero-order valence-corrected chi connectivity index (χ0v) is 28.5. The zero-order chi connectivity index (χ0) is 33.1. The van der Waals surface area contributed by atoms with Crippen LogP contribution in [-0.4, -0.2) is 120 Å². The highest BCUT2D eigenvalue weighted by atomic mass is 35.5. The van der Waals surface area contributed by atoms with E-state index in [-0.39, 0.29) is 24.0 Å². The molecule has 254 valence electrons. The van der Waals surface area contributed by atoms with Crippen LogP contribution in [0.2, 0.25) is 5.02 Å². The van der Waals surface area contributed by atoms with E-state index in [0.29, 0.717) is 68.7 Å². The lowest BCUT2D eigenvalue weighted by Crippen LogP contribution is -2.59. The highest BCUT2D eigenvalue weighted by Crippen LogP contribution is 2.29. The van der Waals surface area contributed by atoms with Crippen molar-refractivity contribution in [1.29, 1.82) is 0 Å². The lowest BCUT2D eigenvalue weighted by molar-refractivity contribution is -0.135. The maximum atomic E-state index is 14.1. The predicted molar refractivity (Wildman–Crippen MR) is 186 cm³/mol. The lowest BCUT2D eigenvalue weighted by atomic mass is 9.99. The number of benzene rings is 2. The molecule has 3 fully saturated rings. The van der Waals surface area contributed by atoms with Gasteiger partial charge < -0.3 is 36.0 Å². The fourth-order valence-corrected chi connectivity index (χ4v) is 7.87. The van der Waals surface area contributed by atoms with Crippen LogP contribution in [0.15, 0.2) is 36.4 Å². The molecule has 4 N–H and O–H groups in total. The van der Waals surface area contributed by atoms with Crippen molar-refractivity contribution in [3.05, 3.63) is 58.1 Å². The molecule has 0 aromatic heterocycles. The van der Waals surface area contributed by atoms with Crippen molar-refractivity contribution in [3.63, 3.8) is 0 Å². The number of carbonyl (C=O) groups is 3. The molecule has 12 heteroatoms. The standard InChI is InChI=1S/C35H49ClN8O3/c1-3-25-20-24(21-29(36)32(25)37)22-31(33(45)42-18-16-41(17-19-42)27-8-12-40(2)13-9-27)39-34(46)43-14-10-28(11-15-43)44-23-26-6-4-5-7-30(26)38-35(44)47/h4-7,20-21,27-28,31H,3,8-19,22-23,37H2,1-2H3,(H,38,47)(H,39,46)/t31-/m1/s1. The van der Waals surface area contributed by atoms with Gasteiger partial charge in [0.1, 0.15) is 6.04 Å². The maximum Gasteiger partial charge on any atom is 0.322 e. The topological polar surface area (TPSA) is 117 Å². The Hall–Kier alpha value is -3.54. The number of hydrogen-bond donors (Lipinski definition) is 3. The first-order chi connectivity index (χ1) is 22.7. The highest BCUT2D eigenvalue weighted by Gasteiger charge is 2.35. The molecular weight excluding hydrogens is 616 g/mol. The fourth-order valence-electron chi connectivity index (χ4n) is 7.61. The SMILES string of the molecule is CCc1cc(C[C@@H](NC(=O)N2CCC(N3Cc4ccccc4NC3=O)CC2)C(=O)N2CCN(C3CCN(C)CC3)CC2)cc(Cl)c1N. The number of fused-ring (bicyclic) bond motifs is 1. The first kappa shape index (κ1) is 33.4. The molecule has 47 heavy (non-hydrogen) atoms. The van der Waals surface area contributed by atoms with Gasteiger partial charge in [0, 0.05) is 70.0 Å². The van der Waals surface area contributed by atoms with Crippen molar-refractivity contribution in [2.75, 3.05) is 70.5 Å². The molecule has 1 atom stereocenters. The van der Waals surface area contributed by atoms with Crippen LogP contribution < -0.4 is 16.4 Å². The molecule has 4 heterocycles. The minimum absolute atomic E-state index is 0.0371. The van der Waals surface area contributed by atoms with E-state index in [0.717, 1.165) is 67.8 Å². The third-order valence-corrected chi connectivity index (χ3v) is 10.9. The third-order valence-electron chi connectivity index (χ3n) is 10.6. The Morgan fingerprint density at radius 1 is 0.957 bits per heavy atom. The smallest absolute Gasteiger partial charge is 0.322 e. The summed E-state index contributed by atoms with van der Waals surface area (Å²) >= 11 is 6.49. The van der Waals surface area contributed by atoms with Gasteiger partial charge in [-0.15, -0.1) is 0 Å². The van der Waals surface area contributed by atoms with Crippen LogP contribution >= 0.6 is 11.6 Å². The van der Waals surface area contributed by atoms with Crippen LogP contribution in [0.1, 0.15) is 49.3 Å². The van der Waals surface area contributed by atoms with E-state index in [9.17, 15) is 14.4 Å². The van der Waals surface area contributed by atoms with Crippen LogP contribution in [-0.2, 0) is 24.2 Å². The van der Waals surface area contributed by atoms with Gasteiger partial charge >= 0.3 is 12.1 Å². The molecule has 4 aliphatic heterocycles. The second kappa shape index (κ2) is 14.7. The number of aryl methyl sites for hydroxylation is 1. The highest BCUT2D eigenvalue weighted by molar-refractivity contribution is 6.33. The molecule has 3 saturated heterocycles. The van der Waals surface area contributed by atoms with E-state index in [1.807, 2.05) is 53.1 Å². The van der Waals surface area contributed by atoms with Crippen molar-refractivity contribution in [2.45, 2.75) is 70.1 Å². The number of hydrogen-bond acceptors (Lipinski definition) is 6. The number of halogens is 1. The minimum Gasteiger partial charge on any atom is -0.397 e. The average Bonchev–Trinajstić information content (AvgIpc) is 3.09. The monoisotopic (exact) mass is 664 g/mol. The molecule has 4 aliphatic rings. The van der Waals surface area contributed by atoms with Crippen molar-refractivity contribution in [3.8, 4) is 0 Å². The van der Waals surface area contributed by atoms with Gasteiger partial charge in [0.25, 0.3) is 0 Å². The maximum absolute atomic E-state index is 14.1. The van der Waals surface area contributed by atoms with Crippen LogP contribution in [0, 0.1) is 0 Å². The van der Waals surface area contributed by atoms with Crippen molar-refractivity contribution >= 4 is 40.9 Å². The number of rotatable bonds is 7. The summed E-state index contributed by atoms with van der Waals surface area (Å²) in [6.07, 6.45) is 4.72. The summed E-state index contributed by atoms with van der Waals surface area (Å²) in [7, 11) is 2.17. The van der Waals surface area contributed by atoms with E-state index < -0.39 is 6.04 Å². The average molecular weight is 665 g/mol. The van der Waals surface area contributed by atoms with Crippen molar-refractivity contribution < 1.29 is 14.4 Å². The third kappa shape index (κ3) is 7.63. The number of likely N-dealkylation sites (tertiary alicyclic amines) is 2. The van der Waals surface area contributed by atoms with Gasteiger partial charge in [-0.1, -0.05) is 42.8 Å². The Balaban J connectivity index is 1.10. The zero-order valence-electron chi connectivity index (χ0n) is 27.7. The van der Waals surface area contributed by atoms with Crippen LogP contribution in [0.3, 0.4) is 0 Å². The van der Waals surface area contributed by atoms with Crippen LogP contribution in [0.5, 0.6) is 0 Å². The minimum atomic E-state index is -0.733. The lowest BCUT2D eigenvalue weighted by Gasteiger charge is -2.43. The number of para-hydroxylation sites is 1. The fraction of sp³-hybridized carbons (Fsp3) is 0.571. The quantitative estimate of drug-likeness (QED) is 0.387. The van der Waals surface area contributed by atoms with Gasteiger partial charge in [0.2, 0.25) is 5.91 Å². The molecule has 0 radical (unpaired) electrons. The predicted octanol–water partition coefficient (Wildman–Crippen LogP) is 3.86. The molecule has 2 aromatic rings. The van der Waals surface area contributed by atoms with Crippen molar-refractivity contribution in [2.24, 2.45) is 0 Å². The number of nitrogen functional groups attached to an aromatic ring is 1. The van der Waals surface area contributed by atoms with Gasteiger partial charge in [0.05, 0.1) is 10.7 Å². The molecule has 0 unspecified atom stereocenters. The molecule has 0 saturated carbocycles. The number of amides is 5. The Morgan fingerprint density at radius 2 is 1.64 bits per heavy atom. The molecule has 0 bridgehead atoms. The molecule has 0 aliphatic carbocycles.